The van der Waals surface area contributed by atoms with E-state index in [1.807, 2.05) is 0 Å². The van der Waals surface area contributed by atoms with Gasteiger partial charge in [-0.25, -0.2) is 8.42 Å². The zero-order valence-corrected chi connectivity index (χ0v) is 12.5. The van der Waals surface area contributed by atoms with Crippen molar-refractivity contribution in [2.75, 3.05) is 4.72 Å². The van der Waals surface area contributed by atoms with E-state index in [1.165, 1.54) is 6.07 Å². The fourth-order valence-corrected chi connectivity index (χ4v) is 3.06. The molecule has 2 N–H and O–H groups in total. The maximum Gasteiger partial charge on any atom is 0.263 e. The lowest BCUT2D eigenvalue weighted by atomic mass is 10.3. The van der Waals surface area contributed by atoms with Crippen LogP contribution >= 0.6 is 27.5 Å². The van der Waals surface area contributed by atoms with Crippen LogP contribution in [0.15, 0.2) is 50.7 Å². The molecule has 1 aromatic carbocycles. The Labute approximate surface area is 122 Å². The first-order valence-electron chi connectivity index (χ1n) is 5.06. The van der Waals surface area contributed by atoms with Gasteiger partial charge in [-0.1, -0.05) is 17.7 Å². The smallest absolute Gasteiger partial charge is 0.263 e. The number of sulfonamides is 1. The van der Waals surface area contributed by atoms with Gasteiger partial charge in [0.1, 0.15) is 4.90 Å². The van der Waals surface area contributed by atoms with Crippen LogP contribution < -0.4 is 10.3 Å². The summed E-state index contributed by atoms with van der Waals surface area (Å²) in [5.74, 6) is 0. The Morgan fingerprint density at radius 1 is 1.21 bits per heavy atom. The molecule has 0 spiro atoms. The maximum absolute atomic E-state index is 12.1. The number of aromatic amines is 1. The van der Waals surface area contributed by atoms with Crippen LogP contribution in [0.5, 0.6) is 0 Å². The van der Waals surface area contributed by atoms with Crippen LogP contribution in [0.1, 0.15) is 0 Å². The maximum atomic E-state index is 12.1. The molecule has 0 saturated carbocycles. The second-order valence-electron chi connectivity index (χ2n) is 3.60. The van der Waals surface area contributed by atoms with Crippen LogP contribution in [0.4, 0.5) is 5.69 Å². The molecule has 0 aliphatic carbocycles. The minimum Gasteiger partial charge on any atom is -0.328 e. The van der Waals surface area contributed by atoms with E-state index in [2.05, 4.69) is 25.6 Å². The number of benzene rings is 1. The summed E-state index contributed by atoms with van der Waals surface area (Å²) < 4.78 is 27.0. The zero-order valence-electron chi connectivity index (χ0n) is 9.35. The van der Waals surface area contributed by atoms with E-state index in [-0.39, 0.29) is 10.5 Å². The molecule has 0 unspecified atom stereocenters. The number of H-pyrrole nitrogens is 1. The average molecular weight is 364 g/mol. The number of halogens is 2. The normalized spacial score (nSPS) is 11.3. The van der Waals surface area contributed by atoms with Gasteiger partial charge in [0.25, 0.3) is 10.0 Å². The van der Waals surface area contributed by atoms with Crippen molar-refractivity contribution in [3.8, 4) is 0 Å². The van der Waals surface area contributed by atoms with Gasteiger partial charge in [0.2, 0.25) is 5.56 Å². The molecule has 8 heteroatoms. The number of rotatable bonds is 3. The molecule has 0 radical (unpaired) electrons. The molecule has 5 nitrogen and oxygen atoms in total. The Bertz CT molecular complexity index is 753. The molecular formula is C11H8BrClN2O3S. The Hall–Kier alpha value is -1.31. The summed E-state index contributed by atoms with van der Waals surface area (Å²) in [5, 5.41) is 0.390. The van der Waals surface area contributed by atoms with E-state index in [1.54, 1.807) is 18.2 Å². The third-order valence-electron chi connectivity index (χ3n) is 2.26. The summed E-state index contributed by atoms with van der Waals surface area (Å²) in [6.07, 6.45) is 1.13. The van der Waals surface area contributed by atoms with E-state index in [4.69, 9.17) is 11.6 Å². The van der Waals surface area contributed by atoms with Crippen molar-refractivity contribution >= 4 is 43.2 Å². The number of aromatic nitrogens is 1. The van der Waals surface area contributed by atoms with Crippen molar-refractivity contribution in [1.29, 1.82) is 0 Å². The molecule has 0 aliphatic heterocycles. The Kier molecular flexibility index (Phi) is 3.98. The fraction of sp³-hybridized carbons (Fsp3) is 0. The quantitative estimate of drug-likeness (QED) is 0.880. The SMILES string of the molecule is O=c1ccc(S(=O)(=O)Nc2cccc(Cl)c2Br)c[nH]1. The van der Waals surface area contributed by atoms with Gasteiger partial charge in [-0.05, 0) is 34.1 Å². The minimum atomic E-state index is -3.78. The molecule has 2 aromatic rings. The van der Waals surface area contributed by atoms with E-state index in [0.29, 0.717) is 15.2 Å². The first-order valence-corrected chi connectivity index (χ1v) is 7.71. The number of hydrogen-bond acceptors (Lipinski definition) is 3. The monoisotopic (exact) mass is 362 g/mol. The lowest BCUT2D eigenvalue weighted by Gasteiger charge is -2.10. The highest BCUT2D eigenvalue weighted by Gasteiger charge is 2.16. The third-order valence-corrected chi connectivity index (χ3v) is 5.02. The summed E-state index contributed by atoms with van der Waals surface area (Å²) in [7, 11) is -3.78. The van der Waals surface area contributed by atoms with Gasteiger partial charge in [-0.3, -0.25) is 9.52 Å². The molecule has 0 fully saturated rings. The second-order valence-corrected chi connectivity index (χ2v) is 6.48. The predicted octanol–water partition coefficient (Wildman–Crippen LogP) is 2.59. The molecule has 1 heterocycles. The number of pyridine rings is 1. The van der Waals surface area contributed by atoms with E-state index in [0.717, 1.165) is 12.3 Å². The van der Waals surface area contributed by atoms with Crippen LogP contribution in [0, 0.1) is 0 Å². The van der Waals surface area contributed by atoms with Crippen LogP contribution in [-0.4, -0.2) is 13.4 Å². The molecule has 0 amide bonds. The molecule has 100 valence electrons. The lowest BCUT2D eigenvalue weighted by Crippen LogP contribution is -2.15. The molecular weight excluding hydrogens is 356 g/mol. The molecule has 0 atom stereocenters. The van der Waals surface area contributed by atoms with Gasteiger partial charge in [0, 0.05) is 12.3 Å². The summed E-state index contributed by atoms with van der Waals surface area (Å²) >= 11 is 9.08. The van der Waals surface area contributed by atoms with Crippen molar-refractivity contribution in [1.82, 2.24) is 4.98 Å². The number of anilines is 1. The van der Waals surface area contributed by atoms with Crippen molar-refractivity contribution in [2.45, 2.75) is 4.90 Å². The summed E-state index contributed by atoms with van der Waals surface area (Å²) in [6, 6.07) is 7.18. The van der Waals surface area contributed by atoms with Crippen molar-refractivity contribution in [2.24, 2.45) is 0 Å². The Morgan fingerprint density at radius 3 is 2.58 bits per heavy atom. The highest BCUT2D eigenvalue weighted by Crippen LogP contribution is 2.31. The number of hydrogen-bond donors (Lipinski definition) is 2. The van der Waals surface area contributed by atoms with E-state index in [9.17, 15) is 13.2 Å². The third kappa shape index (κ3) is 3.17. The van der Waals surface area contributed by atoms with Gasteiger partial charge in [-0.15, -0.1) is 0 Å². The van der Waals surface area contributed by atoms with Gasteiger partial charge >= 0.3 is 0 Å². The topological polar surface area (TPSA) is 79.0 Å². The van der Waals surface area contributed by atoms with Crippen LogP contribution in [0.3, 0.4) is 0 Å². The van der Waals surface area contributed by atoms with Crippen LogP contribution in [-0.2, 0) is 10.0 Å². The van der Waals surface area contributed by atoms with E-state index >= 15 is 0 Å². The standard InChI is InChI=1S/C11H8BrClN2O3S/c12-11-8(13)2-1-3-9(11)15-19(17,18)7-4-5-10(16)14-6-7/h1-6,15H,(H,14,16). The molecule has 0 bridgehead atoms. The summed E-state index contributed by atoms with van der Waals surface area (Å²) in [6.45, 7) is 0. The van der Waals surface area contributed by atoms with Crippen LogP contribution in [0.25, 0.3) is 0 Å². The van der Waals surface area contributed by atoms with Gasteiger partial charge in [0.05, 0.1) is 15.2 Å². The molecule has 0 aliphatic rings. The van der Waals surface area contributed by atoms with Crippen molar-refractivity contribution in [3.05, 3.63) is 56.4 Å². The van der Waals surface area contributed by atoms with Gasteiger partial charge in [-0.2, -0.15) is 0 Å². The summed E-state index contributed by atoms with van der Waals surface area (Å²) in [5.41, 5.74) is -0.0541. The molecule has 0 saturated heterocycles. The van der Waals surface area contributed by atoms with E-state index < -0.39 is 10.0 Å². The molecule has 19 heavy (non-hydrogen) atoms. The average Bonchev–Trinajstić information content (AvgIpc) is 2.35. The first-order chi connectivity index (χ1) is 8.90. The van der Waals surface area contributed by atoms with Gasteiger partial charge < -0.3 is 4.98 Å². The van der Waals surface area contributed by atoms with Crippen molar-refractivity contribution < 1.29 is 8.42 Å². The van der Waals surface area contributed by atoms with Gasteiger partial charge in [0.15, 0.2) is 0 Å². The first kappa shape index (κ1) is 14.1. The Balaban J connectivity index is 2.39. The lowest BCUT2D eigenvalue weighted by molar-refractivity contribution is 0.600. The predicted molar refractivity (Wildman–Crippen MR) is 77.0 cm³/mol. The minimum absolute atomic E-state index is 0.0426. The number of nitrogens with one attached hydrogen (secondary N) is 2. The molecule has 2 rings (SSSR count). The fourth-order valence-electron chi connectivity index (χ4n) is 1.35. The zero-order chi connectivity index (χ0) is 14.0. The highest BCUT2D eigenvalue weighted by molar-refractivity contribution is 9.10. The highest BCUT2D eigenvalue weighted by atomic mass is 79.9. The largest absolute Gasteiger partial charge is 0.328 e. The van der Waals surface area contributed by atoms with Crippen LogP contribution in [0.2, 0.25) is 5.02 Å². The molecule has 1 aromatic heterocycles. The Morgan fingerprint density at radius 2 is 1.95 bits per heavy atom. The van der Waals surface area contributed by atoms with Crippen molar-refractivity contribution in [3.63, 3.8) is 0 Å². The second kappa shape index (κ2) is 5.36. The summed E-state index contributed by atoms with van der Waals surface area (Å²) in [4.78, 5) is 13.2.